The van der Waals surface area contributed by atoms with Gasteiger partial charge in [0.15, 0.2) is 6.29 Å². The van der Waals surface area contributed by atoms with E-state index in [4.69, 9.17) is 9.47 Å². The molecule has 0 aliphatic carbocycles. The van der Waals surface area contributed by atoms with Crippen molar-refractivity contribution in [2.75, 3.05) is 20.0 Å². The molecule has 0 bridgehead atoms. The van der Waals surface area contributed by atoms with Gasteiger partial charge in [0.1, 0.15) is 0 Å². The fourth-order valence-electron chi connectivity index (χ4n) is 1.66. The van der Waals surface area contributed by atoms with Gasteiger partial charge in [-0.2, -0.15) is 0 Å². The Morgan fingerprint density at radius 1 is 1.25 bits per heavy atom. The molecule has 0 spiro atoms. The molecule has 5 heteroatoms. The third-order valence-electron chi connectivity index (χ3n) is 2.97. The number of nitrogens with one attached hydrogen (secondary N) is 1. The van der Waals surface area contributed by atoms with Crippen LogP contribution in [0.2, 0.25) is 0 Å². The van der Waals surface area contributed by atoms with Gasteiger partial charge in [-0.1, -0.05) is 19.1 Å². The molecule has 1 aromatic carbocycles. The molecule has 1 unspecified atom stereocenters. The third-order valence-corrected chi connectivity index (χ3v) is 3.98. The van der Waals surface area contributed by atoms with Crippen LogP contribution >= 0.6 is 11.8 Å². The van der Waals surface area contributed by atoms with Crippen LogP contribution < -0.4 is 5.32 Å². The highest BCUT2D eigenvalue weighted by molar-refractivity contribution is 8.00. The number of methoxy groups -OCH3 is 2. The first-order valence-electron chi connectivity index (χ1n) is 6.68. The van der Waals surface area contributed by atoms with Gasteiger partial charge in [0.05, 0.1) is 5.75 Å². The van der Waals surface area contributed by atoms with Gasteiger partial charge in [-0.25, -0.2) is 0 Å². The lowest BCUT2D eigenvalue weighted by molar-refractivity contribution is -0.119. The second-order valence-electron chi connectivity index (χ2n) is 4.54. The molecule has 0 aliphatic rings. The van der Waals surface area contributed by atoms with Gasteiger partial charge < -0.3 is 14.8 Å². The van der Waals surface area contributed by atoms with Crippen molar-refractivity contribution < 1.29 is 14.3 Å². The van der Waals surface area contributed by atoms with Gasteiger partial charge >= 0.3 is 0 Å². The molecule has 1 atom stereocenters. The van der Waals surface area contributed by atoms with Crippen LogP contribution in [0.4, 0.5) is 0 Å². The maximum atomic E-state index is 11.7. The molecule has 20 heavy (non-hydrogen) atoms. The zero-order valence-electron chi connectivity index (χ0n) is 12.5. The molecule has 0 saturated carbocycles. The minimum absolute atomic E-state index is 0.0695. The first-order chi connectivity index (χ1) is 9.60. The van der Waals surface area contributed by atoms with E-state index in [1.54, 1.807) is 14.2 Å². The summed E-state index contributed by atoms with van der Waals surface area (Å²) in [5, 5.41) is 2.95. The first kappa shape index (κ1) is 17.0. The third kappa shape index (κ3) is 5.53. The maximum Gasteiger partial charge on any atom is 0.230 e. The van der Waals surface area contributed by atoms with E-state index in [0.717, 1.165) is 16.9 Å². The predicted molar refractivity (Wildman–Crippen MR) is 81.8 cm³/mol. The van der Waals surface area contributed by atoms with Crippen LogP contribution in [-0.4, -0.2) is 31.9 Å². The van der Waals surface area contributed by atoms with E-state index in [-0.39, 0.29) is 18.2 Å². The Balaban J connectivity index is 2.47. The van der Waals surface area contributed by atoms with E-state index in [1.807, 2.05) is 31.2 Å². The summed E-state index contributed by atoms with van der Waals surface area (Å²) in [6, 6.07) is 8.08. The molecule has 0 radical (unpaired) electrons. The van der Waals surface area contributed by atoms with Crippen molar-refractivity contribution in [3.63, 3.8) is 0 Å². The SMILES string of the molecule is CCC(C)NC(=O)CSc1ccc(C(OC)OC)cc1. The minimum Gasteiger partial charge on any atom is -0.353 e. The fraction of sp³-hybridized carbons (Fsp3) is 0.533. The zero-order valence-corrected chi connectivity index (χ0v) is 13.3. The number of thioether (sulfide) groups is 1. The van der Waals surface area contributed by atoms with Crippen molar-refractivity contribution in [2.45, 2.75) is 37.5 Å². The van der Waals surface area contributed by atoms with E-state index in [9.17, 15) is 4.79 Å². The summed E-state index contributed by atoms with van der Waals surface area (Å²) >= 11 is 1.52. The van der Waals surface area contributed by atoms with Crippen LogP contribution in [0.1, 0.15) is 32.1 Å². The summed E-state index contributed by atoms with van der Waals surface area (Å²) < 4.78 is 10.4. The summed E-state index contributed by atoms with van der Waals surface area (Å²) in [5.74, 6) is 0.502. The van der Waals surface area contributed by atoms with Crippen molar-refractivity contribution in [1.82, 2.24) is 5.32 Å². The molecular formula is C15H23NO3S. The standard InChI is InChI=1S/C15H23NO3S/c1-5-11(2)16-14(17)10-20-13-8-6-12(7-9-13)15(18-3)19-4/h6-9,11,15H,5,10H2,1-4H3,(H,16,17). The lowest BCUT2D eigenvalue weighted by Crippen LogP contribution is -2.33. The van der Waals surface area contributed by atoms with Crippen molar-refractivity contribution in [3.05, 3.63) is 29.8 Å². The molecular weight excluding hydrogens is 274 g/mol. The quantitative estimate of drug-likeness (QED) is 0.592. The van der Waals surface area contributed by atoms with E-state index in [2.05, 4.69) is 12.2 Å². The number of carbonyl (C=O) groups is 1. The summed E-state index contributed by atoms with van der Waals surface area (Å²) in [7, 11) is 3.21. The highest BCUT2D eigenvalue weighted by Crippen LogP contribution is 2.22. The van der Waals surface area contributed by atoms with Crippen LogP contribution in [0.25, 0.3) is 0 Å². The smallest absolute Gasteiger partial charge is 0.230 e. The Labute approximate surface area is 125 Å². The molecule has 0 aliphatic heterocycles. The summed E-state index contributed by atoms with van der Waals surface area (Å²) in [5.41, 5.74) is 0.961. The predicted octanol–water partition coefficient (Wildman–Crippen LogP) is 2.98. The topological polar surface area (TPSA) is 47.6 Å². The van der Waals surface area contributed by atoms with Gasteiger partial charge in [0, 0.05) is 30.7 Å². The van der Waals surface area contributed by atoms with Crippen molar-refractivity contribution in [1.29, 1.82) is 0 Å². The molecule has 4 nitrogen and oxygen atoms in total. The molecule has 0 aromatic heterocycles. The zero-order chi connectivity index (χ0) is 15.0. The van der Waals surface area contributed by atoms with Crippen LogP contribution in [0.5, 0.6) is 0 Å². The van der Waals surface area contributed by atoms with Gasteiger partial charge in [0.2, 0.25) is 5.91 Å². The molecule has 0 heterocycles. The number of amides is 1. The number of carbonyl (C=O) groups excluding carboxylic acids is 1. The van der Waals surface area contributed by atoms with Gasteiger partial charge in [-0.05, 0) is 25.5 Å². The van der Waals surface area contributed by atoms with E-state index in [1.165, 1.54) is 11.8 Å². The molecule has 1 rings (SSSR count). The molecule has 0 saturated heterocycles. The number of hydrogen-bond acceptors (Lipinski definition) is 4. The summed E-state index contributed by atoms with van der Waals surface area (Å²) in [6.45, 7) is 4.06. The van der Waals surface area contributed by atoms with Crippen molar-refractivity contribution in [3.8, 4) is 0 Å². The first-order valence-corrected chi connectivity index (χ1v) is 7.67. The van der Waals surface area contributed by atoms with Crippen LogP contribution in [0.15, 0.2) is 29.2 Å². The lowest BCUT2D eigenvalue weighted by atomic mass is 10.2. The monoisotopic (exact) mass is 297 g/mol. The normalized spacial score (nSPS) is 12.4. The second-order valence-corrected chi connectivity index (χ2v) is 5.59. The van der Waals surface area contributed by atoms with Crippen molar-refractivity contribution >= 4 is 17.7 Å². The second kappa shape index (κ2) is 9.00. The average Bonchev–Trinajstić information content (AvgIpc) is 2.47. The molecule has 1 amide bonds. The summed E-state index contributed by atoms with van der Waals surface area (Å²) in [4.78, 5) is 12.7. The largest absolute Gasteiger partial charge is 0.353 e. The molecule has 1 aromatic rings. The summed E-state index contributed by atoms with van der Waals surface area (Å²) in [6.07, 6.45) is 0.600. The number of hydrogen-bond donors (Lipinski definition) is 1. The van der Waals surface area contributed by atoms with Gasteiger partial charge in [0.25, 0.3) is 0 Å². The fourth-order valence-corrected chi connectivity index (χ4v) is 2.37. The van der Waals surface area contributed by atoms with E-state index >= 15 is 0 Å². The average molecular weight is 297 g/mol. The van der Waals surface area contributed by atoms with Crippen LogP contribution in [0.3, 0.4) is 0 Å². The Morgan fingerprint density at radius 2 is 1.85 bits per heavy atom. The molecule has 112 valence electrons. The lowest BCUT2D eigenvalue weighted by Gasteiger charge is -2.14. The Hall–Kier alpha value is -1.04. The Bertz CT molecular complexity index is 404. The minimum atomic E-state index is -0.345. The van der Waals surface area contributed by atoms with Crippen molar-refractivity contribution in [2.24, 2.45) is 0 Å². The number of rotatable bonds is 8. The molecule has 1 N–H and O–H groups in total. The maximum absolute atomic E-state index is 11.7. The number of benzene rings is 1. The van der Waals surface area contributed by atoms with E-state index in [0.29, 0.717) is 5.75 Å². The Morgan fingerprint density at radius 3 is 2.35 bits per heavy atom. The highest BCUT2D eigenvalue weighted by Gasteiger charge is 2.09. The van der Waals surface area contributed by atoms with Gasteiger partial charge in [-0.15, -0.1) is 11.8 Å². The van der Waals surface area contributed by atoms with Gasteiger partial charge in [-0.3, -0.25) is 4.79 Å². The van der Waals surface area contributed by atoms with Crippen LogP contribution in [-0.2, 0) is 14.3 Å². The highest BCUT2D eigenvalue weighted by atomic mass is 32.2. The van der Waals surface area contributed by atoms with E-state index < -0.39 is 0 Å². The van der Waals surface area contributed by atoms with Crippen LogP contribution in [0, 0.1) is 0 Å². The number of ether oxygens (including phenoxy) is 2. The Kier molecular flexibility index (Phi) is 7.65. The molecule has 0 fully saturated rings.